The summed E-state index contributed by atoms with van der Waals surface area (Å²) < 4.78 is 16.1. The molecule has 1 saturated heterocycles. The second kappa shape index (κ2) is 6.78. The van der Waals surface area contributed by atoms with E-state index < -0.39 is 0 Å². The molecule has 19 heavy (non-hydrogen) atoms. The number of hydrogen-bond donors (Lipinski definition) is 1. The van der Waals surface area contributed by atoms with Crippen LogP contribution in [0.25, 0.3) is 0 Å². The molecule has 0 amide bonds. The highest BCUT2D eigenvalue weighted by molar-refractivity contribution is 5.43. The fraction of sp³-hybridized carbons (Fsp3) is 0.600. The van der Waals surface area contributed by atoms with E-state index in [0.29, 0.717) is 6.04 Å². The molecule has 2 rings (SSSR count). The monoisotopic (exact) mass is 265 g/mol. The van der Waals surface area contributed by atoms with Crippen molar-refractivity contribution in [1.29, 1.82) is 0 Å². The molecule has 4 nitrogen and oxygen atoms in total. The van der Waals surface area contributed by atoms with Crippen molar-refractivity contribution in [3.05, 3.63) is 23.8 Å². The predicted molar refractivity (Wildman–Crippen MR) is 74.9 cm³/mol. The maximum Gasteiger partial charge on any atom is 0.161 e. The van der Waals surface area contributed by atoms with Gasteiger partial charge in [0.05, 0.1) is 20.8 Å². The molecule has 1 aliphatic heterocycles. The number of methoxy groups -OCH3 is 2. The minimum Gasteiger partial charge on any atom is -0.493 e. The van der Waals surface area contributed by atoms with E-state index in [-0.39, 0.29) is 6.04 Å². The quantitative estimate of drug-likeness (QED) is 0.888. The van der Waals surface area contributed by atoms with E-state index in [2.05, 4.69) is 18.3 Å². The maximum absolute atomic E-state index is 5.49. The van der Waals surface area contributed by atoms with Crippen LogP contribution in [0.4, 0.5) is 0 Å². The molecular formula is C15H23NO3. The summed E-state index contributed by atoms with van der Waals surface area (Å²) in [6.45, 7) is 3.86. The van der Waals surface area contributed by atoms with Crippen molar-refractivity contribution < 1.29 is 14.2 Å². The van der Waals surface area contributed by atoms with Gasteiger partial charge in [-0.1, -0.05) is 6.07 Å². The third-order valence-electron chi connectivity index (χ3n) is 3.55. The van der Waals surface area contributed by atoms with Crippen molar-refractivity contribution in [1.82, 2.24) is 5.32 Å². The summed E-state index contributed by atoms with van der Waals surface area (Å²) in [5, 5.41) is 3.60. The Morgan fingerprint density at radius 3 is 2.68 bits per heavy atom. The summed E-state index contributed by atoms with van der Waals surface area (Å²) in [6, 6.07) is 6.76. The largest absolute Gasteiger partial charge is 0.493 e. The average Bonchev–Trinajstić information content (AvgIpc) is 2.47. The van der Waals surface area contributed by atoms with E-state index in [1.165, 1.54) is 12.0 Å². The first-order valence-corrected chi connectivity index (χ1v) is 6.80. The Hall–Kier alpha value is -1.26. The van der Waals surface area contributed by atoms with Gasteiger partial charge in [0.25, 0.3) is 0 Å². The van der Waals surface area contributed by atoms with Gasteiger partial charge >= 0.3 is 0 Å². The van der Waals surface area contributed by atoms with Gasteiger partial charge in [0.1, 0.15) is 0 Å². The van der Waals surface area contributed by atoms with Crippen molar-refractivity contribution in [2.75, 3.05) is 27.4 Å². The van der Waals surface area contributed by atoms with E-state index in [9.17, 15) is 0 Å². The number of hydrogen-bond acceptors (Lipinski definition) is 4. The van der Waals surface area contributed by atoms with Crippen LogP contribution < -0.4 is 14.8 Å². The Morgan fingerprint density at radius 2 is 2.05 bits per heavy atom. The normalized spacial score (nSPS) is 20.9. The summed E-state index contributed by atoms with van der Waals surface area (Å²) in [5.41, 5.74) is 1.20. The first-order chi connectivity index (χ1) is 9.24. The summed E-state index contributed by atoms with van der Waals surface area (Å²) in [4.78, 5) is 0. The maximum atomic E-state index is 5.49. The molecule has 4 heteroatoms. The lowest BCUT2D eigenvalue weighted by molar-refractivity contribution is 0.0671. The molecule has 1 aromatic carbocycles. The SMILES string of the molecule is COc1ccc(C(C)NC2CCCOC2)cc1OC. The van der Waals surface area contributed by atoms with Crippen LogP contribution in [0, 0.1) is 0 Å². The van der Waals surface area contributed by atoms with Crippen LogP contribution >= 0.6 is 0 Å². The lowest BCUT2D eigenvalue weighted by Gasteiger charge is -2.27. The van der Waals surface area contributed by atoms with Crippen molar-refractivity contribution in [3.63, 3.8) is 0 Å². The van der Waals surface area contributed by atoms with Gasteiger partial charge in [0, 0.05) is 18.7 Å². The van der Waals surface area contributed by atoms with E-state index in [1.807, 2.05) is 12.1 Å². The molecular weight excluding hydrogens is 242 g/mol. The molecule has 1 N–H and O–H groups in total. The second-order valence-electron chi connectivity index (χ2n) is 4.92. The first-order valence-electron chi connectivity index (χ1n) is 6.80. The summed E-state index contributed by atoms with van der Waals surface area (Å²) in [6.07, 6.45) is 2.31. The Morgan fingerprint density at radius 1 is 1.26 bits per heavy atom. The van der Waals surface area contributed by atoms with Gasteiger partial charge in [-0.2, -0.15) is 0 Å². The summed E-state index contributed by atoms with van der Waals surface area (Å²) in [5.74, 6) is 1.54. The van der Waals surface area contributed by atoms with Crippen molar-refractivity contribution in [3.8, 4) is 11.5 Å². The molecule has 0 radical (unpaired) electrons. The highest BCUT2D eigenvalue weighted by Gasteiger charge is 2.17. The van der Waals surface area contributed by atoms with Gasteiger partial charge in [0.15, 0.2) is 11.5 Å². The lowest BCUT2D eigenvalue weighted by Crippen LogP contribution is -2.38. The van der Waals surface area contributed by atoms with Crippen molar-refractivity contribution in [2.45, 2.75) is 31.8 Å². The van der Waals surface area contributed by atoms with Gasteiger partial charge in [-0.3, -0.25) is 0 Å². The van der Waals surface area contributed by atoms with Gasteiger partial charge in [-0.25, -0.2) is 0 Å². The van der Waals surface area contributed by atoms with Gasteiger partial charge in [-0.15, -0.1) is 0 Å². The zero-order valence-corrected chi connectivity index (χ0v) is 11.9. The molecule has 1 fully saturated rings. The van der Waals surface area contributed by atoms with E-state index in [0.717, 1.165) is 31.1 Å². The van der Waals surface area contributed by atoms with Gasteiger partial charge in [0.2, 0.25) is 0 Å². The minimum atomic E-state index is 0.270. The Bertz CT molecular complexity index is 402. The zero-order valence-electron chi connectivity index (χ0n) is 11.9. The molecule has 0 saturated carbocycles. The average molecular weight is 265 g/mol. The summed E-state index contributed by atoms with van der Waals surface area (Å²) >= 11 is 0. The molecule has 0 aliphatic carbocycles. The molecule has 0 spiro atoms. The Kier molecular flexibility index (Phi) is 5.05. The van der Waals surface area contributed by atoms with E-state index >= 15 is 0 Å². The fourth-order valence-corrected chi connectivity index (χ4v) is 2.44. The third-order valence-corrected chi connectivity index (χ3v) is 3.55. The summed E-state index contributed by atoms with van der Waals surface area (Å²) in [7, 11) is 3.31. The molecule has 2 atom stereocenters. The van der Waals surface area contributed by atoms with Crippen molar-refractivity contribution in [2.24, 2.45) is 0 Å². The number of nitrogens with one attached hydrogen (secondary N) is 1. The molecule has 2 unspecified atom stereocenters. The Balaban J connectivity index is 2.03. The zero-order chi connectivity index (χ0) is 13.7. The number of rotatable bonds is 5. The molecule has 1 aromatic rings. The minimum absolute atomic E-state index is 0.270. The molecule has 0 bridgehead atoms. The second-order valence-corrected chi connectivity index (χ2v) is 4.92. The van der Waals surface area contributed by atoms with Crippen LogP contribution in [0.5, 0.6) is 11.5 Å². The smallest absolute Gasteiger partial charge is 0.161 e. The van der Waals surface area contributed by atoms with E-state index in [1.54, 1.807) is 14.2 Å². The Labute approximate surface area is 115 Å². The topological polar surface area (TPSA) is 39.7 Å². The standard InChI is InChI=1S/C15H23NO3/c1-11(16-13-5-4-8-19-10-13)12-6-7-14(17-2)15(9-12)18-3/h6-7,9,11,13,16H,4-5,8,10H2,1-3H3. The van der Waals surface area contributed by atoms with Crippen LogP contribution in [-0.2, 0) is 4.74 Å². The van der Waals surface area contributed by atoms with Crippen LogP contribution in [0.1, 0.15) is 31.4 Å². The van der Waals surface area contributed by atoms with Crippen LogP contribution in [0.15, 0.2) is 18.2 Å². The third kappa shape index (κ3) is 3.61. The highest BCUT2D eigenvalue weighted by atomic mass is 16.5. The fourth-order valence-electron chi connectivity index (χ4n) is 2.44. The molecule has 106 valence electrons. The van der Waals surface area contributed by atoms with Gasteiger partial charge in [-0.05, 0) is 37.5 Å². The molecule has 0 aromatic heterocycles. The van der Waals surface area contributed by atoms with Crippen LogP contribution in [0.3, 0.4) is 0 Å². The molecule has 1 aliphatic rings. The van der Waals surface area contributed by atoms with Crippen LogP contribution in [0.2, 0.25) is 0 Å². The highest BCUT2D eigenvalue weighted by Crippen LogP contribution is 2.30. The van der Waals surface area contributed by atoms with Crippen LogP contribution in [-0.4, -0.2) is 33.5 Å². The molecule has 1 heterocycles. The van der Waals surface area contributed by atoms with E-state index in [4.69, 9.17) is 14.2 Å². The predicted octanol–water partition coefficient (Wildman–Crippen LogP) is 2.53. The van der Waals surface area contributed by atoms with Gasteiger partial charge < -0.3 is 19.5 Å². The number of benzene rings is 1. The van der Waals surface area contributed by atoms with Crippen molar-refractivity contribution >= 4 is 0 Å². The first kappa shape index (κ1) is 14.2. The lowest BCUT2D eigenvalue weighted by atomic mass is 10.0. The number of ether oxygens (including phenoxy) is 3.